The molecule has 0 spiro atoms. The van der Waals surface area contributed by atoms with Gasteiger partial charge in [-0.25, -0.2) is 17.2 Å². The number of hydrogen-bond acceptors (Lipinski definition) is 4. The number of sulfonamides is 1. The largest absolute Gasteiger partial charge is 0.352 e. The lowest BCUT2D eigenvalue weighted by molar-refractivity contribution is -0.141. The topological polar surface area (TPSA) is 86.8 Å². The average molecular weight is 626 g/mol. The summed E-state index contributed by atoms with van der Waals surface area (Å²) in [5.41, 5.74) is 2.79. The molecule has 1 N–H and O–H groups in total. The molecular formula is C34H41F2N3O4S. The molecule has 0 aromatic heterocycles. The first kappa shape index (κ1) is 33.1. The van der Waals surface area contributed by atoms with Gasteiger partial charge in [-0.15, -0.1) is 0 Å². The second kappa shape index (κ2) is 15.3. The number of hydrogen-bond donors (Lipinski definition) is 1. The summed E-state index contributed by atoms with van der Waals surface area (Å²) < 4.78 is 53.6. The number of rotatable bonds is 13. The van der Waals surface area contributed by atoms with E-state index < -0.39 is 27.7 Å². The van der Waals surface area contributed by atoms with Gasteiger partial charge in [0.15, 0.2) is 11.6 Å². The van der Waals surface area contributed by atoms with Crippen LogP contribution in [0.5, 0.6) is 0 Å². The summed E-state index contributed by atoms with van der Waals surface area (Å²) in [6, 6.07) is 19.5. The van der Waals surface area contributed by atoms with Crippen molar-refractivity contribution in [2.45, 2.75) is 76.9 Å². The SMILES string of the molecule is Cc1cccc(CN(C(=O)CCCN(c2ccc(F)c(F)c2)S(C)(=O)=O)[C@@H](Cc2ccccc2)C(=O)NC2CCCCC2)c1. The average Bonchev–Trinajstić information content (AvgIpc) is 2.99. The summed E-state index contributed by atoms with van der Waals surface area (Å²) in [6.45, 7) is 2.05. The number of halogens is 2. The Bertz CT molecular complexity index is 1530. The molecule has 1 atom stereocenters. The zero-order valence-corrected chi connectivity index (χ0v) is 26.2. The fourth-order valence-corrected chi connectivity index (χ4v) is 6.71. The van der Waals surface area contributed by atoms with Crippen LogP contribution < -0.4 is 9.62 Å². The van der Waals surface area contributed by atoms with Crippen molar-refractivity contribution >= 4 is 27.5 Å². The molecule has 1 saturated carbocycles. The molecule has 44 heavy (non-hydrogen) atoms. The fourth-order valence-electron chi connectivity index (χ4n) is 5.75. The Morgan fingerprint density at radius 1 is 0.909 bits per heavy atom. The van der Waals surface area contributed by atoms with Crippen LogP contribution in [0.4, 0.5) is 14.5 Å². The monoisotopic (exact) mass is 625 g/mol. The Labute approximate surface area is 259 Å². The Hall–Kier alpha value is -3.79. The maximum Gasteiger partial charge on any atom is 0.243 e. The zero-order valence-electron chi connectivity index (χ0n) is 25.3. The maximum atomic E-state index is 14.0. The molecule has 236 valence electrons. The van der Waals surface area contributed by atoms with E-state index in [4.69, 9.17) is 0 Å². The van der Waals surface area contributed by atoms with E-state index in [9.17, 15) is 26.8 Å². The minimum absolute atomic E-state index is 0.0238. The molecule has 0 unspecified atom stereocenters. The van der Waals surface area contributed by atoms with Crippen molar-refractivity contribution in [3.63, 3.8) is 0 Å². The highest BCUT2D eigenvalue weighted by Crippen LogP contribution is 2.23. The van der Waals surface area contributed by atoms with Crippen LogP contribution in [0, 0.1) is 18.6 Å². The van der Waals surface area contributed by atoms with Crippen molar-refractivity contribution in [3.8, 4) is 0 Å². The molecule has 0 aliphatic heterocycles. The molecule has 10 heteroatoms. The summed E-state index contributed by atoms with van der Waals surface area (Å²) in [4.78, 5) is 29.5. The van der Waals surface area contributed by atoms with Crippen LogP contribution in [-0.4, -0.2) is 50.0 Å². The molecule has 4 rings (SSSR count). The van der Waals surface area contributed by atoms with Gasteiger partial charge in [-0.05, 0) is 49.4 Å². The Morgan fingerprint density at radius 2 is 1.61 bits per heavy atom. The van der Waals surface area contributed by atoms with Crippen LogP contribution >= 0.6 is 0 Å². The molecule has 0 saturated heterocycles. The number of aryl methyl sites for hydroxylation is 1. The standard InChI is InChI=1S/C34H41F2N3O4S/c1-25-11-9-14-27(21-25)24-38(32(22-26-12-5-3-6-13-26)34(41)37-28-15-7-4-8-16-28)33(40)17-10-20-39(44(2,42)43)29-18-19-30(35)31(36)23-29/h3,5-6,9,11-14,18-19,21,23,28,32H,4,7-8,10,15-17,20,22,24H2,1-2H3,(H,37,41)/t32-/m0/s1. The van der Waals surface area contributed by atoms with Crippen LogP contribution in [0.2, 0.25) is 0 Å². The zero-order chi connectivity index (χ0) is 31.7. The molecule has 2 amide bonds. The number of benzene rings is 3. The van der Waals surface area contributed by atoms with Gasteiger partial charge in [0.2, 0.25) is 21.8 Å². The van der Waals surface area contributed by atoms with Gasteiger partial charge in [-0.2, -0.15) is 0 Å². The first-order valence-electron chi connectivity index (χ1n) is 15.1. The van der Waals surface area contributed by atoms with Gasteiger partial charge in [0.1, 0.15) is 6.04 Å². The van der Waals surface area contributed by atoms with E-state index >= 15 is 0 Å². The summed E-state index contributed by atoms with van der Waals surface area (Å²) in [6.07, 6.45) is 6.41. The number of carbonyl (C=O) groups is 2. The van der Waals surface area contributed by atoms with E-state index in [2.05, 4.69) is 5.32 Å². The predicted octanol–water partition coefficient (Wildman–Crippen LogP) is 5.91. The normalized spacial score (nSPS) is 14.5. The Kier molecular flexibility index (Phi) is 11.5. The fraction of sp³-hybridized carbons (Fsp3) is 0.412. The summed E-state index contributed by atoms with van der Waals surface area (Å²) in [5.74, 6) is -2.75. The van der Waals surface area contributed by atoms with Gasteiger partial charge < -0.3 is 10.2 Å². The van der Waals surface area contributed by atoms with Crippen LogP contribution in [0.3, 0.4) is 0 Å². The third-order valence-corrected chi connectivity index (χ3v) is 9.20. The Balaban J connectivity index is 1.59. The molecule has 1 aliphatic rings. The lowest BCUT2D eigenvalue weighted by Gasteiger charge is -2.34. The van der Waals surface area contributed by atoms with Gasteiger partial charge in [-0.1, -0.05) is 79.4 Å². The van der Waals surface area contributed by atoms with Crippen LogP contribution in [0.1, 0.15) is 61.6 Å². The van der Waals surface area contributed by atoms with E-state index in [1.807, 2.05) is 61.5 Å². The van der Waals surface area contributed by atoms with Crippen molar-refractivity contribution in [3.05, 3.63) is 101 Å². The predicted molar refractivity (Wildman–Crippen MR) is 168 cm³/mol. The van der Waals surface area contributed by atoms with E-state index in [1.165, 1.54) is 6.07 Å². The Morgan fingerprint density at radius 3 is 2.27 bits per heavy atom. The molecular weight excluding hydrogens is 584 g/mol. The van der Waals surface area contributed by atoms with E-state index in [1.54, 1.807) is 4.90 Å². The molecule has 7 nitrogen and oxygen atoms in total. The highest BCUT2D eigenvalue weighted by atomic mass is 32.2. The lowest BCUT2D eigenvalue weighted by atomic mass is 9.94. The number of carbonyl (C=O) groups excluding carboxylic acids is 2. The molecule has 1 aliphatic carbocycles. The number of nitrogens with zero attached hydrogens (tertiary/aromatic N) is 2. The quantitative estimate of drug-likeness (QED) is 0.256. The minimum Gasteiger partial charge on any atom is -0.352 e. The van der Waals surface area contributed by atoms with Crippen molar-refractivity contribution < 1.29 is 26.8 Å². The van der Waals surface area contributed by atoms with Gasteiger partial charge in [0.05, 0.1) is 11.9 Å². The van der Waals surface area contributed by atoms with Gasteiger partial charge in [0.25, 0.3) is 0 Å². The van der Waals surface area contributed by atoms with Crippen molar-refractivity contribution in [2.75, 3.05) is 17.1 Å². The van der Waals surface area contributed by atoms with Crippen molar-refractivity contribution in [1.29, 1.82) is 0 Å². The highest BCUT2D eigenvalue weighted by Gasteiger charge is 2.32. The molecule has 3 aromatic rings. The minimum atomic E-state index is -3.85. The summed E-state index contributed by atoms with van der Waals surface area (Å²) in [7, 11) is -3.85. The van der Waals surface area contributed by atoms with Crippen LogP contribution in [0.25, 0.3) is 0 Å². The summed E-state index contributed by atoms with van der Waals surface area (Å²) in [5, 5.41) is 3.21. The van der Waals surface area contributed by atoms with Gasteiger partial charge in [0, 0.05) is 38.0 Å². The third kappa shape index (κ3) is 9.35. The van der Waals surface area contributed by atoms with Crippen LogP contribution in [0.15, 0.2) is 72.8 Å². The van der Waals surface area contributed by atoms with E-state index in [0.29, 0.717) is 6.42 Å². The van der Waals surface area contributed by atoms with Crippen molar-refractivity contribution in [2.24, 2.45) is 0 Å². The smallest absolute Gasteiger partial charge is 0.243 e. The van der Waals surface area contributed by atoms with Crippen LogP contribution in [-0.2, 0) is 32.6 Å². The molecule has 1 fully saturated rings. The molecule has 0 heterocycles. The van der Waals surface area contributed by atoms with Gasteiger partial charge in [-0.3, -0.25) is 13.9 Å². The second-order valence-electron chi connectivity index (χ2n) is 11.6. The number of anilines is 1. The van der Waals surface area contributed by atoms with Crippen molar-refractivity contribution in [1.82, 2.24) is 10.2 Å². The first-order chi connectivity index (χ1) is 21.0. The third-order valence-electron chi connectivity index (χ3n) is 8.00. The maximum absolute atomic E-state index is 14.0. The van der Waals surface area contributed by atoms with E-state index in [0.717, 1.165) is 71.5 Å². The second-order valence-corrected chi connectivity index (χ2v) is 13.5. The molecule has 3 aromatic carbocycles. The first-order valence-corrected chi connectivity index (χ1v) is 17.0. The number of nitrogens with one attached hydrogen (secondary N) is 1. The molecule has 0 radical (unpaired) electrons. The number of amides is 2. The lowest BCUT2D eigenvalue weighted by Crippen LogP contribution is -2.53. The van der Waals surface area contributed by atoms with Gasteiger partial charge >= 0.3 is 0 Å². The summed E-state index contributed by atoms with van der Waals surface area (Å²) >= 11 is 0. The highest BCUT2D eigenvalue weighted by molar-refractivity contribution is 7.92. The van der Waals surface area contributed by atoms with E-state index in [-0.39, 0.29) is 49.5 Å². The molecule has 0 bridgehead atoms.